The van der Waals surface area contributed by atoms with Crippen molar-refractivity contribution in [2.45, 2.75) is 38.6 Å². The van der Waals surface area contributed by atoms with Gasteiger partial charge in [0.25, 0.3) is 5.91 Å². The van der Waals surface area contributed by atoms with Crippen molar-refractivity contribution in [1.82, 2.24) is 20.5 Å². The highest BCUT2D eigenvalue weighted by Gasteiger charge is 2.31. The fraction of sp³-hybridized carbons (Fsp3) is 0.333. The first-order valence-electron chi connectivity index (χ1n) is 9.72. The van der Waals surface area contributed by atoms with E-state index in [0.717, 1.165) is 30.5 Å². The number of nitrogens with zero attached hydrogens (tertiary/aromatic N) is 2. The van der Waals surface area contributed by atoms with E-state index in [0.29, 0.717) is 11.1 Å². The van der Waals surface area contributed by atoms with Gasteiger partial charge in [0.2, 0.25) is 0 Å². The summed E-state index contributed by atoms with van der Waals surface area (Å²) in [5.41, 5.74) is 1.73. The number of Topliss-reactive ketones (excluding diaryl/α,β-unsaturated/α-hetero) is 1. The number of aromatic amines is 1. The Balaban J connectivity index is 1.46. The number of ether oxygens (including phenoxy) is 1. The summed E-state index contributed by atoms with van der Waals surface area (Å²) < 4.78 is 41.0. The number of halogens is 3. The van der Waals surface area contributed by atoms with Crippen LogP contribution in [0.2, 0.25) is 0 Å². The Morgan fingerprint density at radius 1 is 1.26 bits per heavy atom. The molecule has 0 radical (unpaired) electrons. The molecule has 0 aliphatic heterocycles. The van der Waals surface area contributed by atoms with Gasteiger partial charge < -0.3 is 10.1 Å². The van der Waals surface area contributed by atoms with Gasteiger partial charge in [-0.05, 0) is 49.6 Å². The molecule has 0 bridgehead atoms. The van der Waals surface area contributed by atoms with Crippen molar-refractivity contribution in [3.8, 4) is 5.75 Å². The van der Waals surface area contributed by atoms with Gasteiger partial charge in [-0.2, -0.15) is 5.10 Å². The highest BCUT2D eigenvalue weighted by Crippen LogP contribution is 2.31. The van der Waals surface area contributed by atoms with Gasteiger partial charge in [-0.15, -0.1) is 13.2 Å². The first-order chi connectivity index (χ1) is 14.7. The van der Waals surface area contributed by atoms with Crippen molar-refractivity contribution < 1.29 is 27.5 Å². The maximum atomic E-state index is 12.7. The van der Waals surface area contributed by atoms with Crippen LogP contribution in [0.1, 0.15) is 47.6 Å². The maximum absolute atomic E-state index is 12.7. The number of hydrogen-bond donors (Lipinski definition) is 2. The van der Waals surface area contributed by atoms with Crippen molar-refractivity contribution in [1.29, 1.82) is 0 Å². The molecule has 31 heavy (non-hydrogen) atoms. The second kappa shape index (κ2) is 8.01. The molecule has 1 fully saturated rings. The summed E-state index contributed by atoms with van der Waals surface area (Å²) in [5.74, 6) is -0.569. The van der Waals surface area contributed by atoms with Crippen LogP contribution < -0.4 is 10.1 Å². The van der Waals surface area contributed by atoms with E-state index in [4.69, 9.17) is 0 Å². The Hall–Kier alpha value is -3.43. The molecule has 1 aliphatic carbocycles. The minimum absolute atomic E-state index is 0.0543. The minimum atomic E-state index is -4.81. The standard InChI is InChI=1S/C21H19F3N4O3/c1-11(13-6-7-25-14(8-13)9-18(29)12-2-3-12)26-20(30)19-16-5-4-15(31-21(22,23)24)10-17(16)27-28-19/h4-8,10-12H,2-3,9H2,1H3,(H,26,30)(H,27,28). The molecule has 0 spiro atoms. The van der Waals surface area contributed by atoms with Gasteiger partial charge in [-0.3, -0.25) is 19.7 Å². The van der Waals surface area contributed by atoms with Gasteiger partial charge in [-0.1, -0.05) is 0 Å². The molecular formula is C21H19F3N4O3. The normalized spacial score (nSPS) is 15.0. The van der Waals surface area contributed by atoms with Crippen molar-refractivity contribution >= 4 is 22.6 Å². The monoisotopic (exact) mass is 432 g/mol. The Morgan fingerprint density at radius 2 is 2.03 bits per heavy atom. The molecule has 2 N–H and O–H groups in total. The number of rotatable bonds is 7. The van der Waals surface area contributed by atoms with Crippen LogP contribution in [0.25, 0.3) is 10.9 Å². The van der Waals surface area contributed by atoms with Crippen LogP contribution in [0.3, 0.4) is 0 Å². The number of amides is 1. The third kappa shape index (κ3) is 5.01. The van der Waals surface area contributed by atoms with Crippen molar-refractivity contribution in [2.24, 2.45) is 5.92 Å². The average molecular weight is 432 g/mol. The molecule has 0 saturated heterocycles. The Morgan fingerprint density at radius 3 is 2.74 bits per heavy atom. The van der Waals surface area contributed by atoms with Crippen LogP contribution in [0.15, 0.2) is 36.5 Å². The Labute approximate surface area is 175 Å². The quantitative estimate of drug-likeness (QED) is 0.591. The van der Waals surface area contributed by atoms with Gasteiger partial charge in [0.05, 0.1) is 11.6 Å². The molecule has 1 unspecified atom stereocenters. The van der Waals surface area contributed by atoms with Crippen LogP contribution >= 0.6 is 0 Å². The molecule has 162 valence electrons. The number of alkyl halides is 3. The van der Waals surface area contributed by atoms with Crippen LogP contribution in [0.5, 0.6) is 5.75 Å². The smallest absolute Gasteiger partial charge is 0.406 e. The molecule has 2 aromatic heterocycles. The highest BCUT2D eigenvalue weighted by molar-refractivity contribution is 6.05. The van der Waals surface area contributed by atoms with E-state index >= 15 is 0 Å². The van der Waals surface area contributed by atoms with Crippen LogP contribution in [-0.4, -0.2) is 33.2 Å². The van der Waals surface area contributed by atoms with Gasteiger partial charge in [0.15, 0.2) is 5.69 Å². The fourth-order valence-electron chi connectivity index (χ4n) is 3.31. The van der Waals surface area contributed by atoms with E-state index in [2.05, 4.69) is 25.2 Å². The van der Waals surface area contributed by atoms with E-state index in [1.54, 1.807) is 25.3 Å². The number of hydrogen-bond acceptors (Lipinski definition) is 5. The van der Waals surface area contributed by atoms with Gasteiger partial charge in [0, 0.05) is 35.7 Å². The molecule has 1 amide bonds. The molecule has 4 rings (SSSR count). The average Bonchev–Trinajstić information content (AvgIpc) is 3.47. The number of carbonyl (C=O) groups excluding carboxylic acids is 2. The zero-order valence-corrected chi connectivity index (χ0v) is 16.5. The Kier molecular flexibility index (Phi) is 5.38. The molecule has 7 nitrogen and oxygen atoms in total. The minimum Gasteiger partial charge on any atom is -0.406 e. The van der Waals surface area contributed by atoms with E-state index < -0.39 is 24.1 Å². The lowest BCUT2D eigenvalue weighted by atomic mass is 10.1. The number of carbonyl (C=O) groups is 2. The summed E-state index contributed by atoms with van der Waals surface area (Å²) in [6.45, 7) is 1.78. The van der Waals surface area contributed by atoms with Gasteiger partial charge in [0.1, 0.15) is 11.5 Å². The SMILES string of the molecule is CC(NC(=O)c1n[nH]c2cc(OC(F)(F)F)ccc12)c1ccnc(CC(=O)C2CC2)c1. The first kappa shape index (κ1) is 20.8. The van der Waals surface area contributed by atoms with Crippen molar-refractivity contribution in [3.63, 3.8) is 0 Å². The number of benzene rings is 1. The molecule has 1 aromatic carbocycles. The number of nitrogens with one attached hydrogen (secondary N) is 2. The third-order valence-corrected chi connectivity index (χ3v) is 5.06. The number of fused-ring (bicyclic) bond motifs is 1. The highest BCUT2D eigenvalue weighted by atomic mass is 19.4. The van der Waals surface area contributed by atoms with E-state index in [1.807, 2.05) is 0 Å². The lowest BCUT2D eigenvalue weighted by Crippen LogP contribution is -2.27. The molecule has 1 atom stereocenters. The molecule has 1 saturated carbocycles. The van der Waals surface area contributed by atoms with Crippen LogP contribution in [0.4, 0.5) is 13.2 Å². The van der Waals surface area contributed by atoms with Crippen LogP contribution in [-0.2, 0) is 11.2 Å². The predicted octanol–water partition coefficient (Wildman–Crippen LogP) is 3.87. The summed E-state index contributed by atoms with van der Waals surface area (Å²) in [6.07, 6.45) is -1.07. The van der Waals surface area contributed by atoms with Gasteiger partial charge in [-0.25, -0.2) is 0 Å². The summed E-state index contributed by atoms with van der Waals surface area (Å²) in [5, 5.41) is 9.66. The second-order valence-electron chi connectivity index (χ2n) is 7.52. The number of ketones is 1. The van der Waals surface area contributed by atoms with Crippen molar-refractivity contribution in [2.75, 3.05) is 0 Å². The van der Waals surface area contributed by atoms with E-state index in [9.17, 15) is 22.8 Å². The summed E-state index contributed by atoms with van der Waals surface area (Å²) in [4.78, 5) is 29.0. The molecular weight excluding hydrogens is 413 g/mol. The molecule has 3 aromatic rings. The lowest BCUT2D eigenvalue weighted by Gasteiger charge is -2.14. The van der Waals surface area contributed by atoms with Gasteiger partial charge >= 0.3 is 6.36 Å². The van der Waals surface area contributed by atoms with E-state index in [1.165, 1.54) is 6.07 Å². The summed E-state index contributed by atoms with van der Waals surface area (Å²) >= 11 is 0. The summed E-state index contributed by atoms with van der Waals surface area (Å²) in [7, 11) is 0. The predicted molar refractivity (Wildman–Crippen MR) is 104 cm³/mol. The summed E-state index contributed by atoms with van der Waals surface area (Å²) in [6, 6.07) is 6.73. The zero-order chi connectivity index (χ0) is 22.2. The molecule has 2 heterocycles. The topological polar surface area (TPSA) is 97.0 Å². The van der Waals surface area contributed by atoms with E-state index in [-0.39, 0.29) is 29.3 Å². The zero-order valence-electron chi connectivity index (χ0n) is 16.5. The number of H-pyrrole nitrogens is 1. The first-order valence-corrected chi connectivity index (χ1v) is 9.72. The third-order valence-electron chi connectivity index (χ3n) is 5.06. The van der Waals surface area contributed by atoms with Crippen LogP contribution in [0, 0.1) is 5.92 Å². The maximum Gasteiger partial charge on any atom is 0.573 e. The Bertz CT molecular complexity index is 1140. The molecule has 10 heteroatoms. The second-order valence-corrected chi connectivity index (χ2v) is 7.52. The fourth-order valence-corrected chi connectivity index (χ4v) is 3.31. The largest absolute Gasteiger partial charge is 0.573 e. The number of pyridine rings is 1. The molecule has 1 aliphatic rings. The lowest BCUT2D eigenvalue weighted by molar-refractivity contribution is -0.274. The van der Waals surface area contributed by atoms with Crippen molar-refractivity contribution in [3.05, 3.63) is 53.5 Å². The number of aromatic nitrogens is 3.